The first kappa shape index (κ1) is 21.9. The summed E-state index contributed by atoms with van der Waals surface area (Å²) in [5, 5.41) is 15.6. The maximum absolute atomic E-state index is 12.8. The summed E-state index contributed by atoms with van der Waals surface area (Å²) >= 11 is 1.25. The number of thioether (sulfide) groups is 1. The molecule has 0 radical (unpaired) electrons. The molecule has 170 valence electrons. The van der Waals surface area contributed by atoms with Gasteiger partial charge in [-0.25, -0.2) is 0 Å². The van der Waals surface area contributed by atoms with Crippen LogP contribution in [0.15, 0.2) is 76.5 Å². The highest BCUT2D eigenvalue weighted by molar-refractivity contribution is 8.27. The lowest BCUT2D eigenvalue weighted by Gasteiger charge is -2.20. The van der Waals surface area contributed by atoms with Crippen molar-refractivity contribution in [1.82, 2.24) is 9.58 Å². The zero-order valence-electron chi connectivity index (χ0n) is 19.1. The molecule has 1 amide bonds. The SMILES string of the molecule is Cc1ccccc1OCC1=NN2C(=N)/C(=C/c3cccn3-c3cccc(C)c3C)C(=O)N=C2S1. The van der Waals surface area contributed by atoms with Crippen LogP contribution in [-0.4, -0.2) is 38.1 Å². The number of aryl methyl sites for hydroxylation is 2. The molecular formula is C26H23N5O2S. The molecule has 0 bridgehead atoms. The maximum Gasteiger partial charge on any atom is 0.283 e. The summed E-state index contributed by atoms with van der Waals surface area (Å²) in [6.07, 6.45) is 3.65. The van der Waals surface area contributed by atoms with E-state index in [-0.39, 0.29) is 18.0 Å². The minimum Gasteiger partial charge on any atom is -0.486 e. The first-order chi connectivity index (χ1) is 16.4. The highest BCUT2D eigenvalue weighted by Crippen LogP contribution is 2.30. The van der Waals surface area contributed by atoms with Gasteiger partial charge >= 0.3 is 0 Å². The number of fused-ring (bicyclic) bond motifs is 1. The molecule has 0 atom stereocenters. The van der Waals surface area contributed by atoms with Gasteiger partial charge in [-0.15, -0.1) is 0 Å². The minimum absolute atomic E-state index is 0.00195. The van der Waals surface area contributed by atoms with Crippen LogP contribution >= 0.6 is 11.8 Å². The van der Waals surface area contributed by atoms with Gasteiger partial charge < -0.3 is 9.30 Å². The normalized spacial score (nSPS) is 16.6. The Hall–Kier alpha value is -3.91. The number of para-hydroxylation sites is 1. The summed E-state index contributed by atoms with van der Waals surface area (Å²) in [6.45, 7) is 6.36. The van der Waals surface area contributed by atoms with Crippen molar-refractivity contribution in [2.75, 3.05) is 6.61 Å². The fraction of sp³-hybridized carbons (Fsp3) is 0.154. The van der Waals surface area contributed by atoms with Crippen LogP contribution in [0, 0.1) is 26.2 Å². The van der Waals surface area contributed by atoms with E-state index < -0.39 is 5.91 Å². The fourth-order valence-corrected chi connectivity index (χ4v) is 4.62. The third-order valence-electron chi connectivity index (χ3n) is 5.85. The number of hydrazone groups is 1. The Kier molecular flexibility index (Phi) is 5.67. The number of nitrogens with one attached hydrogen (secondary N) is 1. The van der Waals surface area contributed by atoms with Crippen LogP contribution in [0.25, 0.3) is 11.8 Å². The van der Waals surface area contributed by atoms with Gasteiger partial charge in [-0.3, -0.25) is 10.2 Å². The number of amidine groups is 2. The number of nitrogens with zero attached hydrogens (tertiary/aromatic N) is 4. The third kappa shape index (κ3) is 3.97. The van der Waals surface area contributed by atoms with Crippen molar-refractivity contribution in [3.63, 3.8) is 0 Å². The molecule has 3 aromatic rings. The van der Waals surface area contributed by atoms with Crippen molar-refractivity contribution in [3.05, 3.63) is 88.8 Å². The number of hydrogen-bond donors (Lipinski definition) is 1. The first-order valence-electron chi connectivity index (χ1n) is 10.8. The number of aliphatic imine (C=N–C) groups is 1. The predicted octanol–water partition coefficient (Wildman–Crippen LogP) is 5.10. The van der Waals surface area contributed by atoms with Crippen molar-refractivity contribution in [1.29, 1.82) is 5.41 Å². The standard InChI is InChI=1S/C26H23N5O2S/c1-16-9-6-11-21(18(16)3)30-13-7-10-19(30)14-20-24(27)31-26(28-25(20)32)34-23(29-31)15-33-22-12-5-4-8-17(22)2/h4-14,27H,15H2,1-3H3/b20-14-,27-24?. The zero-order chi connectivity index (χ0) is 23.8. The number of rotatable bonds is 5. The van der Waals surface area contributed by atoms with Crippen molar-refractivity contribution in [3.8, 4) is 11.4 Å². The fourth-order valence-electron chi connectivity index (χ4n) is 3.82. The summed E-state index contributed by atoms with van der Waals surface area (Å²) in [7, 11) is 0. The molecule has 2 aromatic carbocycles. The van der Waals surface area contributed by atoms with E-state index in [0.717, 1.165) is 28.3 Å². The molecule has 1 aromatic heterocycles. The van der Waals surface area contributed by atoms with E-state index in [2.05, 4.69) is 30.0 Å². The summed E-state index contributed by atoms with van der Waals surface area (Å²) in [5.74, 6) is 0.326. The van der Waals surface area contributed by atoms with E-state index >= 15 is 0 Å². The molecule has 0 spiro atoms. The molecule has 2 aliphatic heterocycles. The lowest BCUT2D eigenvalue weighted by molar-refractivity contribution is -0.114. The van der Waals surface area contributed by atoms with E-state index in [1.165, 1.54) is 22.3 Å². The lowest BCUT2D eigenvalue weighted by atomic mass is 10.1. The van der Waals surface area contributed by atoms with Gasteiger partial charge in [0.25, 0.3) is 5.91 Å². The largest absolute Gasteiger partial charge is 0.486 e. The average molecular weight is 470 g/mol. The molecule has 2 aliphatic rings. The van der Waals surface area contributed by atoms with Crippen LogP contribution in [0.1, 0.15) is 22.4 Å². The Morgan fingerprint density at radius 3 is 2.65 bits per heavy atom. The van der Waals surface area contributed by atoms with E-state index in [0.29, 0.717) is 10.2 Å². The van der Waals surface area contributed by atoms with Gasteiger partial charge in [0.15, 0.2) is 5.84 Å². The van der Waals surface area contributed by atoms with Crippen molar-refractivity contribution < 1.29 is 9.53 Å². The number of hydrogen-bond acceptors (Lipinski definition) is 5. The number of benzene rings is 2. The molecule has 0 saturated carbocycles. The second-order valence-electron chi connectivity index (χ2n) is 8.09. The minimum atomic E-state index is -0.450. The topological polar surface area (TPSA) is 83.0 Å². The molecule has 3 heterocycles. The lowest BCUT2D eigenvalue weighted by Crippen LogP contribution is -2.35. The molecule has 0 saturated heterocycles. The number of carbonyl (C=O) groups excluding carboxylic acids is 1. The van der Waals surface area contributed by atoms with Crippen molar-refractivity contribution in [2.24, 2.45) is 10.1 Å². The Bertz CT molecular complexity index is 1420. The van der Waals surface area contributed by atoms with E-state index in [4.69, 9.17) is 10.1 Å². The molecule has 1 N–H and O–H groups in total. The van der Waals surface area contributed by atoms with Crippen LogP contribution < -0.4 is 4.74 Å². The van der Waals surface area contributed by atoms with Gasteiger partial charge in [0.05, 0.1) is 5.57 Å². The highest BCUT2D eigenvalue weighted by atomic mass is 32.2. The van der Waals surface area contributed by atoms with E-state index in [1.54, 1.807) is 6.08 Å². The van der Waals surface area contributed by atoms with Gasteiger partial charge in [-0.1, -0.05) is 30.3 Å². The second kappa shape index (κ2) is 8.79. The molecule has 34 heavy (non-hydrogen) atoms. The zero-order valence-corrected chi connectivity index (χ0v) is 19.9. The van der Waals surface area contributed by atoms with Gasteiger partial charge in [0, 0.05) is 17.6 Å². The third-order valence-corrected chi connectivity index (χ3v) is 6.73. The smallest absolute Gasteiger partial charge is 0.283 e. The van der Waals surface area contributed by atoms with Crippen molar-refractivity contribution in [2.45, 2.75) is 20.8 Å². The Morgan fingerprint density at radius 1 is 1.03 bits per heavy atom. The number of carbonyl (C=O) groups is 1. The number of amides is 1. The van der Waals surface area contributed by atoms with Gasteiger partial charge in [-0.05, 0) is 79.6 Å². The monoisotopic (exact) mass is 469 g/mol. The molecule has 0 unspecified atom stereocenters. The van der Waals surface area contributed by atoms with E-state index in [1.807, 2.05) is 66.2 Å². The molecular weight excluding hydrogens is 446 g/mol. The van der Waals surface area contributed by atoms with Gasteiger partial charge in [-0.2, -0.15) is 15.1 Å². The van der Waals surface area contributed by atoms with Crippen LogP contribution in [0.4, 0.5) is 0 Å². The summed E-state index contributed by atoms with van der Waals surface area (Å²) in [6, 6.07) is 17.7. The molecule has 5 rings (SSSR count). The Balaban J connectivity index is 1.41. The Morgan fingerprint density at radius 2 is 1.82 bits per heavy atom. The van der Waals surface area contributed by atoms with E-state index in [9.17, 15) is 4.79 Å². The van der Waals surface area contributed by atoms with Crippen LogP contribution in [0.3, 0.4) is 0 Å². The molecule has 8 heteroatoms. The summed E-state index contributed by atoms with van der Waals surface area (Å²) in [5.41, 5.74) is 5.38. The Labute approximate surface area is 202 Å². The predicted molar refractivity (Wildman–Crippen MR) is 137 cm³/mol. The molecule has 7 nitrogen and oxygen atoms in total. The maximum atomic E-state index is 12.8. The number of aromatic nitrogens is 1. The first-order valence-corrected chi connectivity index (χ1v) is 11.7. The van der Waals surface area contributed by atoms with Crippen LogP contribution in [0.5, 0.6) is 5.75 Å². The quantitative estimate of drug-likeness (QED) is 0.527. The average Bonchev–Trinajstić information content (AvgIpc) is 3.45. The van der Waals surface area contributed by atoms with Gasteiger partial charge in [0.2, 0.25) is 5.17 Å². The van der Waals surface area contributed by atoms with Gasteiger partial charge in [0.1, 0.15) is 17.4 Å². The van der Waals surface area contributed by atoms with Crippen molar-refractivity contribution >= 4 is 39.8 Å². The van der Waals surface area contributed by atoms with Crippen LogP contribution in [0.2, 0.25) is 0 Å². The highest BCUT2D eigenvalue weighted by Gasteiger charge is 2.36. The summed E-state index contributed by atoms with van der Waals surface area (Å²) in [4.78, 5) is 17.0. The number of ether oxygens (including phenoxy) is 1. The van der Waals surface area contributed by atoms with Crippen LogP contribution in [-0.2, 0) is 4.79 Å². The molecule has 0 fully saturated rings. The second-order valence-corrected chi connectivity index (χ2v) is 9.13. The molecule has 0 aliphatic carbocycles. The summed E-state index contributed by atoms with van der Waals surface area (Å²) < 4.78 is 7.89.